The van der Waals surface area contributed by atoms with Gasteiger partial charge in [-0.2, -0.15) is 0 Å². The number of hydrogen-bond donors (Lipinski definition) is 1. The molecule has 0 bridgehead atoms. The first kappa shape index (κ1) is 15.1. The third kappa shape index (κ3) is 3.42. The number of aryl methyl sites for hydroxylation is 1. The fourth-order valence-electron chi connectivity index (χ4n) is 2.75. The van der Waals surface area contributed by atoms with E-state index in [9.17, 15) is 4.79 Å². The summed E-state index contributed by atoms with van der Waals surface area (Å²) in [6.45, 7) is 8.80. The van der Waals surface area contributed by atoms with Gasteiger partial charge in [0.05, 0.1) is 6.04 Å². The van der Waals surface area contributed by atoms with Crippen LogP contribution in [0.5, 0.6) is 0 Å². The Kier molecular flexibility index (Phi) is 4.53. The highest BCUT2D eigenvalue weighted by molar-refractivity contribution is 5.81. The smallest absolute Gasteiger partial charge is 0.225 e. The summed E-state index contributed by atoms with van der Waals surface area (Å²) in [5.74, 6) is 0.121. The van der Waals surface area contributed by atoms with Crippen molar-refractivity contribution in [2.45, 2.75) is 39.7 Å². The Hall–Kier alpha value is -1.29. The van der Waals surface area contributed by atoms with Crippen LogP contribution in [0.3, 0.4) is 0 Å². The summed E-state index contributed by atoms with van der Waals surface area (Å²) in [5.41, 5.74) is 0.949. The van der Waals surface area contributed by atoms with Gasteiger partial charge in [-0.05, 0) is 38.1 Å². The molecule has 0 saturated carbocycles. The Bertz CT molecular complexity index is 453. The molecule has 2 rings (SSSR count). The molecule has 1 aliphatic rings. The molecule has 0 radical (unpaired) electrons. The average molecular weight is 277 g/mol. The first-order chi connectivity index (χ1) is 9.39. The van der Waals surface area contributed by atoms with Crippen LogP contribution in [0, 0.1) is 5.41 Å². The molecule has 1 atom stereocenters. The van der Waals surface area contributed by atoms with Gasteiger partial charge in [0, 0.05) is 30.9 Å². The number of nitrogens with one attached hydrogen (secondary N) is 1. The summed E-state index contributed by atoms with van der Waals surface area (Å²) in [6.07, 6.45) is 4.59. The van der Waals surface area contributed by atoms with Crippen LogP contribution in [-0.4, -0.2) is 35.0 Å². The Morgan fingerprint density at radius 1 is 1.35 bits per heavy atom. The van der Waals surface area contributed by atoms with Crippen molar-refractivity contribution in [1.82, 2.24) is 14.8 Å². The second kappa shape index (κ2) is 6.00. The van der Waals surface area contributed by atoms with E-state index in [1.165, 1.54) is 18.5 Å². The molecule has 1 amide bonds. The molecule has 1 fully saturated rings. The normalized spacial score (nSPS) is 18.2. The van der Waals surface area contributed by atoms with Gasteiger partial charge >= 0.3 is 0 Å². The van der Waals surface area contributed by atoms with E-state index in [0.717, 1.165) is 13.1 Å². The fraction of sp³-hybridized carbons (Fsp3) is 0.688. The number of aromatic nitrogens is 1. The van der Waals surface area contributed by atoms with Crippen molar-refractivity contribution in [2.75, 3.05) is 19.6 Å². The predicted molar refractivity (Wildman–Crippen MR) is 81.4 cm³/mol. The second-order valence-electron chi connectivity index (χ2n) is 6.76. The van der Waals surface area contributed by atoms with Crippen LogP contribution in [0.1, 0.15) is 45.3 Å². The van der Waals surface area contributed by atoms with E-state index in [1.807, 2.05) is 20.8 Å². The molecule has 0 aliphatic carbocycles. The summed E-state index contributed by atoms with van der Waals surface area (Å²) in [7, 11) is 2.07. The summed E-state index contributed by atoms with van der Waals surface area (Å²) in [5, 5.41) is 3.12. The van der Waals surface area contributed by atoms with E-state index in [4.69, 9.17) is 0 Å². The standard InChI is InChI=1S/C16H27N3O/c1-16(2,3)15(20)17-12-14(19-10-5-6-11-19)13-8-7-9-18(13)4/h7-9,14H,5-6,10-12H2,1-4H3,(H,17,20). The van der Waals surface area contributed by atoms with E-state index < -0.39 is 0 Å². The number of likely N-dealkylation sites (tertiary alicyclic amines) is 1. The molecule has 20 heavy (non-hydrogen) atoms. The first-order valence-electron chi connectivity index (χ1n) is 7.53. The van der Waals surface area contributed by atoms with E-state index in [-0.39, 0.29) is 17.4 Å². The molecule has 112 valence electrons. The maximum Gasteiger partial charge on any atom is 0.225 e. The van der Waals surface area contributed by atoms with Crippen molar-refractivity contribution in [2.24, 2.45) is 12.5 Å². The number of amides is 1. The van der Waals surface area contributed by atoms with Crippen molar-refractivity contribution in [3.8, 4) is 0 Å². The van der Waals surface area contributed by atoms with Crippen molar-refractivity contribution < 1.29 is 4.79 Å². The van der Waals surface area contributed by atoms with Gasteiger partial charge in [-0.1, -0.05) is 20.8 Å². The lowest BCUT2D eigenvalue weighted by Gasteiger charge is -2.29. The SMILES string of the molecule is Cn1cccc1C(CNC(=O)C(C)(C)C)N1CCCC1. The van der Waals surface area contributed by atoms with E-state index in [2.05, 4.69) is 40.2 Å². The highest BCUT2D eigenvalue weighted by Gasteiger charge is 2.27. The molecule has 1 aromatic heterocycles. The minimum Gasteiger partial charge on any atom is -0.354 e. The third-order valence-electron chi connectivity index (χ3n) is 4.04. The largest absolute Gasteiger partial charge is 0.354 e. The molecular weight excluding hydrogens is 250 g/mol. The lowest BCUT2D eigenvalue weighted by Crippen LogP contribution is -2.41. The van der Waals surface area contributed by atoms with Crippen molar-refractivity contribution >= 4 is 5.91 Å². The number of carbonyl (C=O) groups excluding carboxylic acids is 1. The van der Waals surface area contributed by atoms with Crippen LogP contribution < -0.4 is 5.32 Å². The highest BCUT2D eigenvalue weighted by atomic mass is 16.2. The molecule has 1 N–H and O–H groups in total. The fourth-order valence-corrected chi connectivity index (χ4v) is 2.75. The van der Waals surface area contributed by atoms with Gasteiger partial charge in [-0.15, -0.1) is 0 Å². The summed E-state index contributed by atoms with van der Waals surface area (Å²) >= 11 is 0. The quantitative estimate of drug-likeness (QED) is 0.917. The Labute approximate surface area is 122 Å². The minimum absolute atomic E-state index is 0.121. The van der Waals surface area contributed by atoms with Gasteiger partial charge in [0.1, 0.15) is 0 Å². The summed E-state index contributed by atoms with van der Waals surface area (Å²) in [6, 6.07) is 4.51. The molecule has 1 aromatic rings. The van der Waals surface area contributed by atoms with E-state index in [0.29, 0.717) is 6.54 Å². The van der Waals surface area contributed by atoms with E-state index in [1.54, 1.807) is 0 Å². The van der Waals surface area contributed by atoms with Crippen molar-refractivity contribution in [3.63, 3.8) is 0 Å². The van der Waals surface area contributed by atoms with Gasteiger partial charge in [0.15, 0.2) is 0 Å². The number of carbonyl (C=O) groups is 1. The topological polar surface area (TPSA) is 37.3 Å². The zero-order valence-electron chi connectivity index (χ0n) is 13.1. The van der Waals surface area contributed by atoms with Gasteiger partial charge in [0.2, 0.25) is 5.91 Å². The van der Waals surface area contributed by atoms with Crippen LogP contribution >= 0.6 is 0 Å². The van der Waals surface area contributed by atoms with Crippen LogP contribution in [0.4, 0.5) is 0 Å². The second-order valence-corrected chi connectivity index (χ2v) is 6.76. The van der Waals surface area contributed by atoms with Gasteiger partial charge in [-0.3, -0.25) is 9.69 Å². The van der Waals surface area contributed by atoms with Crippen LogP contribution in [0.25, 0.3) is 0 Å². The van der Waals surface area contributed by atoms with Gasteiger partial charge in [0.25, 0.3) is 0 Å². The zero-order chi connectivity index (χ0) is 14.8. The van der Waals surface area contributed by atoms with Gasteiger partial charge in [-0.25, -0.2) is 0 Å². The number of hydrogen-bond acceptors (Lipinski definition) is 2. The van der Waals surface area contributed by atoms with E-state index >= 15 is 0 Å². The molecule has 0 aromatic carbocycles. The summed E-state index contributed by atoms with van der Waals surface area (Å²) in [4.78, 5) is 14.6. The molecular formula is C16H27N3O. The van der Waals surface area contributed by atoms with Crippen LogP contribution in [0.2, 0.25) is 0 Å². The molecule has 2 heterocycles. The number of rotatable bonds is 4. The summed E-state index contributed by atoms with van der Waals surface area (Å²) < 4.78 is 2.16. The zero-order valence-corrected chi connectivity index (χ0v) is 13.1. The lowest BCUT2D eigenvalue weighted by molar-refractivity contribution is -0.128. The minimum atomic E-state index is -0.330. The molecule has 0 spiro atoms. The molecule has 4 nitrogen and oxygen atoms in total. The van der Waals surface area contributed by atoms with Crippen LogP contribution in [0.15, 0.2) is 18.3 Å². The average Bonchev–Trinajstić information content (AvgIpc) is 3.01. The first-order valence-corrected chi connectivity index (χ1v) is 7.53. The van der Waals surface area contributed by atoms with Gasteiger partial charge < -0.3 is 9.88 Å². The third-order valence-corrected chi connectivity index (χ3v) is 4.04. The van der Waals surface area contributed by atoms with Crippen molar-refractivity contribution in [1.29, 1.82) is 0 Å². The molecule has 1 aliphatic heterocycles. The Morgan fingerprint density at radius 3 is 2.50 bits per heavy atom. The molecule has 1 unspecified atom stereocenters. The van der Waals surface area contributed by atoms with Crippen molar-refractivity contribution in [3.05, 3.63) is 24.0 Å². The number of nitrogens with zero attached hydrogens (tertiary/aromatic N) is 2. The maximum atomic E-state index is 12.1. The Morgan fingerprint density at radius 2 is 2.00 bits per heavy atom. The molecule has 4 heteroatoms. The predicted octanol–water partition coefficient (Wildman–Crippen LogP) is 2.32. The van der Waals surface area contributed by atoms with Crippen LogP contribution in [-0.2, 0) is 11.8 Å². The molecule has 1 saturated heterocycles. The lowest BCUT2D eigenvalue weighted by atomic mass is 9.95. The maximum absolute atomic E-state index is 12.1. The highest BCUT2D eigenvalue weighted by Crippen LogP contribution is 2.25. The monoisotopic (exact) mass is 277 g/mol. The Balaban J connectivity index is 2.08.